The molecule has 1 heterocycles. The normalized spacial score (nSPS) is 11.8. The quantitative estimate of drug-likeness (QED) is 0.881. The molecular formula is C12H12F2N2O3S2. The number of benzene rings is 1. The Bertz CT molecular complexity index is 717. The van der Waals surface area contributed by atoms with Crippen LogP contribution < -0.4 is 9.46 Å². The van der Waals surface area contributed by atoms with E-state index in [4.69, 9.17) is 0 Å². The molecule has 0 aliphatic carbocycles. The number of para-hydroxylation sites is 1. The molecule has 0 amide bonds. The maximum atomic E-state index is 12.3. The van der Waals surface area contributed by atoms with Crippen molar-refractivity contribution in [3.63, 3.8) is 0 Å². The van der Waals surface area contributed by atoms with Crippen LogP contribution in [0.1, 0.15) is 10.7 Å². The number of ether oxygens (including phenoxy) is 1. The number of halogens is 2. The molecule has 2 aromatic rings. The van der Waals surface area contributed by atoms with Gasteiger partial charge in [-0.25, -0.2) is 18.1 Å². The van der Waals surface area contributed by atoms with E-state index in [1.807, 2.05) is 0 Å². The third-order valence-electron chi connectivity index (χ3n) is 2.46. The Labute approximate surface area is 124 Å². The molecule has 0 aliphatic heterocycles. The summed E-state index contributed by atoms with van der Waals surface area (Å²) in [6.45, 7) is -1.31. The van der Waals surface area contributed by atoms with E-state index >= 15 is 0 Å². The summed E-state index contributed by atoms with van der Waals surface area (Å²) in [5.74, 6) is -0.394. The molecule has 1 aromatic heterocycles. The minimum Gasteiger partial charge on any atom is -0.433 e. The van der Waals surface area contributed by atoms with Crippen molar-refractivity contribution >= 4 is 21.4 Å². The minimum atomic E-state index is -3.97. The topological polar surface area (TPSA) is 68.3 Å². The summed E-state index contributed by atoms with van der Waals surface area (Å²) < 4.78 is 55.4. The standard InChI is InChI=1S/C12H12F2N2O3S2/c1-8-16-9(7-20-8)6-15-21(17,18)11-5-3-2-4-10(11)19-12(13)14/h2-5,7,12,15H,6H2,1H3. The smallest absolute Gasteiger partial charge is 0.387 e. The lowest BCUT2D eigenvalue weighted by molar-refractivity contribution is -0.0517. The summed E-state index contributed by atoms with van der Waals surface area (Å²) in [5, 5.41) is 2.53. The molecule has 0 spiro atoms. The molecule has 1 aromatic carbocycles. The van der Waals surface area contributed by atoms with E-state index < -0.39 is 22.4 Å². The van der Waals surface area contributed by atoms with Crippen molar-refractivity contribution in [1.29, 1.82) is 0 Å². The Kier molecular flexibility index (Phi) is 4.86. The molecule has 0 aliphatic rings. The molecule has 2 rings (SSSR count). The van der Waals surface area contributed by atoms with Gasteiger partial charge >= 0.3 is 6.61 Å². The second-order valence-electron chi connectivity index (χ2n) is 4.01. The number of nitrogens with zero attached hydrogens (tertiary/aromatic N) is 1. The lowest BCUT2D eigenvalue weighted by atomic mass is 10.3. The monoisotopic (exact) mass is 334 g/mol. The predicted octanol–water partition coefficient (Wildman–Crippen LogP) is 2.53. The maximum absolute atomic E-state index is 12.3. The molecule has 1 N–H and O–H groups in total. The molecule has 9 heteroatoms. The van der Waals surface area contributed by atoms with Gasteiger partial charge in [0.05, 0.1) is 17.2 Å². The Hall–Kier alpha value is -1.58. The first-order valence-electron chi connectivity index (χ1n) is 5.83. The number of hydrogen-bond acceptors (Lipinski definition) is 5. The number of aromatic nitrogens is 1. The van der Waals surface area contributed by atoms with Crippen molar-refractivity contribution in [2.24, 2.45) is 0 Å². The number of aryl methyl sites for hydroxylation is 1. The molecule has 21 heavy (non-hydrogen) atoms. The number of sulfonamides is 1. The van der Waals surface area contributed by atoms with Crippen LogP contribution in [-0.4, -0.2) is 20.0 Å². The van der Waals surface area contributed by atoms with E-state index in [1.54, 1.807) is 12.3 Å². The van der Waals surface area contributed by atoms with Gasteiger partial charge in [0.15, 0.2) is 0 Å². The zero-order valence-corrected chi connectivity index (χ0v) is 12.5. The van der Waals surface area contributed by atoms with Crippen LogP contribution in [0.25, 0.3) is 0 Å². The molecule has 0 unspecified atom stereocenters. The highest BCUT2D eigenvalue weighted by molar-refractivity contribution is 7.89. The van der Waals surface area contributed by atoms with E-state index in [-0.39, 0.29) is 11.4 Å². The van der Waals surface area contributed by atoms with Gasteiger partial charge in [-0.3, -0.25) is 0 Å². The minimum absolute atomic E-state index is 0.0182. The molecule has 0 saturated heterocycles. The van der Waals surface area contributed by atoms with Crippen LogP contribution in [0.5, 0.6) is 5.75 Å². The largest absolute Gasteiger partial charge is 0.433 e. The Morgan fingerprint density at radius 3 is 2.71 bits per heavy atom. The lowest BCUT2D eigenvalue weighted by Gasteiger charge is -2.11. The third kappa shape index (κ3) is 4.19. The number of rotatable bonds is 6. The summed E-state index contributed by atoms with van der Waals surface area (Å²) in [6.07, 6.45) is 0. The highest BCUT2D eigenvalue weighted by atomic mass is 32.2. The zero-order chi connectivity index (χ0) is 15.5. The van der Waals surface area contributed by atoms with Gasteiger partial charge in [0, 0.05) is 5.38 Å². The van der Waals surface area contributed by atoms with Crippen LogP contribution in [0.15, 0.2) is 34.5 Å². The molecule has 114 valence electrons. The summed E-state index contributed by atoms with van der Waals surface area (Å²) in [5.41, 5.74) is 0.563. The number of nitrogens with one attached hydrogen (secondary N) is 1. The van der Waals surface area contributed by atoms with E-state index in [0.29, 0.717) is 5.69 Å². The predicted molar refractivity (Wildman–Crippen MR) is 74.0 cm³/mol. The van der Waals surface area contributed by atoms with E-state index in [9.17, 15) is 17.2 Å². The lowest BCUT2D eigenvalue weighted by Crippen LogP contribution is -2.24. The molecule has 0 fully saturated rings. The molecule has 0 bridgehead atoms. The van der Waals surface area contributed by atoms with Crippen molar-refractivity contribution in [2.45, 2.75) is 25.0 Å². The van der Waals surface area contributed by atoms with Gasteiger partial charge in [-0.2, -0.15) is 8.78 Å². The number of alkyl halides is 2. The van der Waals surface area contributed by atoms with Gasteiger partial charge in [0.25, 0.3) is 0 Å². The van der Waals surface area contributed by atoms with Crippen LogP contribution in [0, 0.1) is 6.92 Å². The number of thiazole rings is 1. The average molecular weight is 334 g/mol. The Balaban J connectivity index is 2.19. The molecule has 5 nitrogen and oxygen atoms in total. The zero-order valence-electron chi connectivity index (χ0n) is 10.9. The molecule has 0 atom stereocenters. The van der Waals surface area contributed by atoms with E-state index in [1.165, 1.54) is 35.6 Å². The van der Waals surface area contributed by atoms with E-state index in [0.717, 1.165) is 5.01 Å². The first-order chi connectivity index (χ1) is 9.88. The van der Waals surface area contributed by atoms with Crippen molar-refractivity contribution in [2.75, 3.05) is 0 Å². The van der Waals surface area contributed by atoms with Crippen LogP contribution >= 0.6 is 11.3 Å². The Morgan fingerprint density at radius 1 is 1.38 bits per heavy atom. The SMILES string of the molecule is Cc1nc(CNS(=O)(=O)c2ccccc2OC(F)F)cs1. The van der Waals surface area contributed by atoms with Crippen molar-refractivity contribution in [3.05, 3.63) is 40.3 Å². The van der Waals surface area contributed by atoms with Gasteiger partial charge in [0.2, 0.25) is 10.0 Å². The molecular weight excluding hydrogens is 322 g/mol. The van der Waals surface area contributed by atoms with Crippen molar-refractivity contribution in [1.82, 2.24) is 9.71 Å². The summed E-state index contributed by atoms with van der Waals surface area (Å²) >= 11 is 1.39. The maximum Gasteiger partial charge on any atom is 0.387 e. The van der Waals surface area contributed by atoms with Crippen molar-refractivity contribution < 1.29 is 21.9 Å². The third-order valence-corrected chi connectivity index (χ3v) is 4.73. The first kappa shape index (κ1) is 15.8. The fourth-order valence-corrected chi connectivity index (χ4v) is 3.35. The van der Waals surface area contributed by atoms with E-state index in [2.05, 4.69) is 14.4 Å². The van der Waals surface area contributed by atoms with Gasteiger partial charge in [-0.15, -0.1) is 11.3 Å². The van der Waals surface area contributed by atoms with Crippen LogP contribution in [0.4, 0.5) is 8.78 Å². The fraction of sp³-hybridized carbons (Fsp3) is 0.250. The summed E-state index contributed by atoms with van der Waals surface area (Å²) in [6, 6.07) is 5.22. The van der Waals surface area contributed by atoms with Crippen molar-refractivity contribution in [3.8, 4) is 5.75 Å². The fourth-order valence-electron chi connectivity index (χ4n) is 1.60. The summed E-state index contributed by atoms with van der Waals surface area (Å²) in [4.78, 5) is 3.78. The van der Waals surface area contributed by atoms with Gasteiger partial charge < -0.3 is 4.74 Å². The van der Waals surface area contributed by atoms with Gasteiger partial charge in [-0.1, -0.05) is 12.1 Å². The van der Waals surface area contributed by atoms with Crippen LogP contribution in [0.2, 0.25) is 0 Å². The molecule has 0 saturated carbocycles. The van der Waals surface area contributed by atoms with Crippen LogP contribution in [0.3, 0.4) is 0 Å². The highest BCUT2D eigenvalue weighted by Crippen LogP contribution is 2.25. The number of hydrogen-bond donors (Lipinski definition) is 1. The first-order valence-corrected chi connectivity index (χ1v) is 8.19. The van der Waals surface area contributed by atoms with Gasteiger partial charge in [-0.05, 0) is 19.1 Å². The highest BCUT2D eigenvalue weighted by Gasteiger charge is 2.21. The Morgan fingerprint density at radius 2 is 2.10 bits per heavy atom. The van der Waals surface area contributed by atoms with Crippen LogP contribution in [-0.2, 0) is 16.6 Å². The second kappa shape index (κ2) is 6.46. The average Bonchev–Trinajstić information content (AvgIpc) is 2.82. The second-order valence-corrected chi connectivity index (χ2v) is 6.81. The summed E-state index contributed by atoms with van der Waals surface area (Å²) in [7, 11) is -3.97. The molecule has 0 radical (unpaired) electrons. The van der Waals surface area contributed by atoms with Gasteiger partial charge in [0.1, 0.15) is 10.6 Å².